The number of aliphatic hydroxyl groups is 1. The Morgan fingerprint density at radius 3 is 2.93 bits per heavy atom. The number of carboxylic acid groups (broad SMARTS) is 1. The van der Waals surface area contributed by atoms with Crippen molar-refractivity contribution in [1.82, 2.24) is 5.32 Å². The van der Waals surface area contributed by atoms with Gasteiger partial charge >= 0.3 is 5.97 Å². The molecule has 1 aliphatic heterocycles. The van der Waals surface area contributed by atoms with Gasteiger partial charge in [-0.15, -0.1) is 0 Å². The van der Waals surface area contributed by atoms with E-state index in [2.05, 4.69) is 11.9 Å². The molecule has 1 saturated heterocycles. The van der Waals surface area contributed by atoms with Crippen molar-refractivity contribution in [3.8, 4) is 0 Å². The second-order valence-corrected chi connectivity index (χ2v) is 4.19. The minimum absolute atomic E-state index is 0.0121. The Morgan fingerprint density at radius 2 is 2.36 bits per heavy atom. The van der Waals surface area contributed by atoms with E-state index in [1.54, 1.807) is 0 Å². The summed E-state index contributed by atoms with van der Waals surface area (Å²) in [5.41, 5.74) is 1.02. The van der Waals surface area contributed by atoms with Crippen LogP contribution in [0.2, 0.25) is 0 Å². The molecule has 0 bridgehead atoms. The van der Waals surface area contributed by atoms with E-state index in [-0.39, 0.29) is 30.4 Å². The standard InChI is InChI=1S/C10H15NO3/c1-5-2-6(10(13)14)9-7(5)3-11-8(9)4-12/h6-9,11-12H,1-4H2,(H,13,14)/t6-,7+,8+,9-/m0/s1. The van der Waals surface area contributed by atoms with E-state index in [9.17, 15) is 4.79 Å². The van der Waals surface area contributed by atoms with Gasteiger partial charge in [0.05, 0.1) is 12.5 Å². The van der Waals surface area contributed by atoms with Crippen LogP contribution < -0.4 is 5.32 Å². The fraction of sp³-hybridized carbons (Fsp3) is 0.700. The monoisotopic (exact) mass is 197 g/mol. The Morgan fingerprint density at radius 1 is 1.64 bits per heavy atom. The molecule has 2 aliphatic rings. The maximum Gasteiger partial charge on any atom is 0.307 e. The summed E-state index contributed by atoms with van der Waals surface area (Å²) in [4.78, 5) is 11.0. The summed E-state index contributed by atoms with van der Waals surface area (Å²) in [6, 6.07) is -0.0691. The molecule has 2 rings (SSSR count). The molecule has 0 unspecified atom stereocenters. The Balaban J connectivity index is 2.22. The highest BCUT2D eigenvalue weighted by Gasteiger charge is 2.49. The molecule has 14 heavy (non-hydrogen) atoms. The van der Waals surface area contributed by atoms with E-state index in [1.807, 2.05) is 0 Å². The highest BCUT2D eigenvalue weighted by Crippen LogP contribution is 2.45. The maximum absolute atomic E-state index is 11.0. The minimum atomic E-state index is -0.763. The molecular weight excluding hydrogens is 182 g/mol. The lowest BCUT2D eigenvalue weighted by atomic mass is 9.87. The van der Waals surface area contributed by atoms with E-state index in [0.717, 1.165) is 12.1 Å². The number of aliphatic carboxylic acids is 1. The van der Waals surface area contributed by atoms with Crippen LogP contribution in [-0.2, 0) is 4.79 Å². The lowest BCUT2D eigenvalue weighted by Crippen LogP contribution is -2.36. The molecule has 4 heteroatoms. The SMILES string of the molecule is C=C1C[C@H](C(=O)O)[C@H]2[C@@H]1CN[C@@H]2CO. The zero-order chi connectivity index (χ0) is 10.3. The van der Waals surface area contributed by atoms with E-state index in [1.165, 1.54) is 0 Å². The van der Waals surface area contributed by atoms with Gasteiger partial charge in [-0.2, -0.15) is 0 Å². The summed E-state index contributed by atoms with van der Waals surface area (Å²) in [5, 5.41) is 21.3. The third kappa shape index (κ3) is 1.26. The molecule has 1 saturated carbocycles. The summed E-state index contributed by atoms with van der Waals surface area (Å²) < 4.78 is 0. The zero-order valence-electron chi connectivity index (χ0n) is 7.94. The van der Waals surface area contributed by atoms with Crippen LogP contribution in [0.3, 0.4) is 0 Å². The molecule has 4 nitrogen and oxygen atoms in total. The van der Waals surface area contributed by atoms with Crippen LogP contribution >= 0.6 is 0 Å². The van der Waals surface area contributed by atoms with Crippen molar-refractivity contribution in [3.63, 3.8) is 0 Å². The lowest BCUT2D eigenvalue weighted by Gasteiger charge is -2.20. The van der Waals surface area contributed by atoms with Crippen LogP contribution in [0, 0.1) is 17.8 Å². The summed E-state index contributed by atoms with van der Waals surface area (Å²) in [7, 11) is 0. The fourth-order valence-corrected chi connectivity index (χ4v) is 2.82. The Labute approximate surface area is 82.6 Å². The predicted octanol–water partition coefficient (Wildman–Crippen LogP) is -0.156. The number of rotatable bonds is 2. The van der Waals surface area contributed by atoms with Crippen molar-refractivity contribution < 1.29 is 15.0 Å². The average Bonchev–Trinajstić information content (AvgIpc) is 2.67. The van der Waals surface area contributed by atoms with Crippen LogP contribution in [0.5, 0.6) is 0 Å². The van der Waals surface area contributed by atoms with Gasteiger partial charge < -0.3 is 15.5 Å². The average molecular weight is 197 g/mol. The van der Waals surface area contributed by atoms with Gasteiger partial charge in [-0.05, 0) is 18.3 Å². The van der Waals surface area contributed by atoms with Crippen molar-refractivity contribution in [2.45, 2.75) is 12.5 Å². The molecule has 1 aliphatic carbocycles. The Hall–Kier alpha value is -0.870. The van der Waals surface area contributed by atoms with Gasteiger partial charge in [-0.3, -0.25) is 4.79 Å². The first-order valence-electron chi connectivity index (χ1n) is 4.90. The highest BCUT2D eigenvalue weighted by atomic mass is 16.4. The van der Waals surface area contributed by atoms with Crippen LogP contribution in [0.25, 0.3) is 0 Å². The van der Waals surface area contributed by atoms with Crippen LogP contribution in [-0.4, -0.2) is 35.4 Å². The number of nitrogens with one attached hydrogen (secondary N) is 1. The van der Waals surface area contributed by atoms with Crippen LogP contribution in [0.4, 0.5) is 0 Å². The first-order chi connectivity index (χ1) is 6.65. The van der Waals surface area contributed by atoms with Crippen molar-refractivity contribution in [3.05, 3.63) is 12.2 Å². The van der Waals surface area contributed by atoms with E-state index in [4.69, 9.17) is 10.2 Å². The number of carbonyl (C=O) groups is 1. The normalized spacial score (nSPS) is 41.4. The Kier molecular flexibility index (Phi) is 2.33. The Bertz CT molecular complexity index is 277. The first kappa shape index (κ1) is 9.68. The van der Waals surface area contributed by atoms with Gasteiger partial charge in [0.2, 0.25) is 0 Å². The molecule has 4 atom stereocenters. The number of aliphatic hydroxyl groups excluding tert-OH is 1. The van der Waals surface area contributed by atoms with Crippen molar-refractivity contribution in [2.24, 2.45) is 17.8 Å². The fourth-order valence-electron chi connectivity index (χ4n) is 2.82. The largest absolute Gasteiger partial charge is 0.481 e. The quantitative estimate of drug-likeness (QED) is 0.538. The predicted molar refractivity (Wildman–Crippen MR) is 50.7 cm³/mol. The lowest BCUT2D eigenvalue weighted by molar-refractivity contribution is -0.143. The molecule has 78 valence electrons. The summed E-state index contributed by atoms with van der Waals surface area (Å²) in [6.07, 6.45) is 0.572. The van der Waals surface area contributed by atoms with Gasteiger partial charge in [-0.25, -0.2) is 0 Å². The maximum atomic E-state index is 11.0. The van der Waals surface area contributed by atoms with Gasteiger partial charge in [0.15, 0.2) is 0 Å². The molecule has 0 aromatic rings. The molecule has 0 radical (unpaired) electrons. The summed E-state index contributed by atoms with van der Waals surface area (Å²) >= 11 is 0. The zero-order valence-corrected chi connectivity index (χ0v) is 7.94. The van der Waals surface area contributed by atoms with E-state index < -0.39 is 5.97 Å². The molecule has 2 fully saturated rings. The second-order valence-electron chi connectivity index (χ2n) is 4.19. The van der Waals surface area contributed by atoms with Gasteiger partial charge in [0.25, 0.3) is 0 Å². The van der Waals surface area contributed by atoms with Crippen LogP contribution in [0.1, 0.15) is 6.42 Å². The summed E-state index contributed by atoms with van der Waals surface area (Å²) in [6.45, 7) is 4.69. The van der Waals surface area contributed by atoms with Crippen molar-refractivity contribution in [2.75, 3.05) is 13.2 Å². The molecule has 0 aromatic carbocycles. The highest BCUT2D eigenvalue weighted by molar-refractivity contribution is 5.72. The number of hydrogen-bond acceptors (Lipinski definition) is 3. The molecule has 0 amide bonds. The van der Waals surface area contributed by atoms with Crippen molar-refractivity contribution >= 4 is 5.97 Å². The molecule has 1 heterocycles. The smallest absolute Gasteiger partial charge is 0.307 e. The third-order valence-corrected chi connectivity index (χ3v) is 3.51. The van der Waals surface area contributed by atoms with Gasteiger partial charge in [0.1, 0.15) is 0 Å². The van der Waals surface area contributed by atoms with Gasteiger partial charge in [-0.1, -0.05) is 12.2 Å². The first-order valence-corrected chi connectivity index (χ1v) is 4.90. The molecule has 0 spiro atoms. The second kappa shape index (κ2) is 3.37. The summed E-state index contributed by atoms with van der Waals surface area (Å²) in [5.74, 6) is -0.848. The molecule has 3 N–H and O–H groups in total. The van der Waals surface area contributed by atoms with Crippen molar-refractivity contribution in [1.29, 1.82) is 0 Å². The van der Waals surface area contributed by atoms with E-state index in [0.29, 0.717) is 6.42 Å². The number of carboxylic acids is 1. The van der Waals surface area contributed by atoms with E-state index >= 15 is 0 Å². The molecule has 0 aromatic heterocycles. The minimum Gasteiger partial charge on any atom is -0.481 e. The van der Waals surface area contributed by atoms with Crippen LogP contribution in [0.15, 0.2) is 12.2 Å². The number of fused-ring (bicyclic) bond motifs is 1. The number of hydrogen-bond donors (Lipinski definition) is 3. The topological polar surface area (TPSA) is 69.6 Å². The third-order valence-electron chi connectivity index (χ3n) is 3.51. The molecular formula is C10H15NO3. The van der Waals surface area contributed by atoms with Gasteiger partial charge in [0, 0.05) is 12.6 Å².